The van der Waals surface area contributed by atoms with Crippen molar-refractivity contribution < 1.29 is 0 Å². The van der Waals surface area contributed by atoms with Crippen LogP contribution in [0.2, 0.25) is 0 Å². The zero-order chi connectivity index (χ0) is 12.8. The first-order valence-corrected chi connectivity index (χ1v) is 6.58. The Labute approximate surface area is 106 Å². The third kappa shape index (κ3) is 4.39. The molecule has 2 heteroatoms. The van der Waals surface area contributed by atoms with Crippen LogP contribution in [0.4, 0.5) is 5.69 Å². The minimum atomic E-state index is 0.341. The number of nitrogens with zero attached hydrogens (tertiary/aromatic N) is 1. The highest BCUT2D eigenvalue weighted by molar-refractivity contribution is 5.53. The van der Waals surface area contributed by atoms with Crippen molar-refractivity contribution in [1.82, 2.24) is 0 Å². The Balaban J connectivity index is 2.54. The quantitative estimate of drug-likeness (QED) is 0.818. The number of rotatable bonds is 6. The zero-order valence-electron chi connectivity index (χ0n) is 11.7. The molecule has 0 aromatic heterocycles. The van der Waals surface area contributed by atoms with Crippen molar-refractivity contribution in [2.45, 2.75) is 46.1 Å². The van der Waals surface area contributed by atoms with Crippen molar-refractivity contribution in [1.29, 1.82) is 0 Å². The average molecular weight is 234 g/mol. The molecular formula is C15H26N2. The van der Waals surface area contributed by atoms with Crippen molar-refractivity contribution in [3.63, 3.8) is 0 Å². The smallest absolute Gasteiger partial charge is 0.0393 e. The molecule has 2 N–H and O–H groups in total. The van der Waals surface area contributed by atoms with Gasteiger partial charge in [-0.2, -0.15) is 0 Å². The fourth-order valence-electron chi connectivity index (χ4n) is 2.23. The summed E-state index contributed by atoms with van der Waals surface area (Å²) in [6, 6.07) is 6.95. The number of benzene rings is 1. The zero-order valence-corrected chi connectivity index (χ0v) is 11.7. The molecule has 1 aromatic rings. The molecule has 0 bridgehead atoms. The molecule has 17 heavy (non-hydrogen) atoms. The van der Waals surface area contributed by atoms with Gasteiger partial charge in [-0.05, 0) is 38.3 Å². The van der Waals surface area contributed by atoms with Gasteiger partial charge in [0.05, 0.1) is 0 Å². The third-order valence-electron chi connectivity index (χ3n) is 3.26. The molecule has 0 heterocycles. The molecule has 0 aliphatic carbocycles. The summed E-state index contributed by atoms with van der Waals surface area (Å²) in [7, 11) is 2.15. The second-order valence-electron chi connectivity index (χ2n) is 5.05. The lowest BCUT2D eigenvalue weighted by atomic mass is 10.1. The van der Waals surface area contributed by atoms with Crippen LogP contribution in [0.5, 0.6) is 0 Å². The van der Waals surface area contributed by atoms with E-state index in [0.717, 1.165) is 19.4 Å². The monoisotopic (exact) mass is 234 g/mol. The van der Waals surface area contributed by atoms with Crippen molar-refractivity contribution in [2.75, 3.05) is 18.5 Å². The van der Waals surface area contributed by atoms with E-state index < -0.39 is 0 Å². The van der Waals surface area contributed by atoms with Crippen LogP contribution in [0.3, 0.4) is 0 Å². The van der Waals surface area contributed by atoms with Crippen LogP contribution in [0.15, 0.2) is 18.2 Å². The minimum absolute atomic E-state index is 0.341. The highest BCUT2D eigenvalue weighted by Gasteiger charge is 2.07. The van der Waals surface area contributed by atoms with Crippen LogP contribution in [-0.4, -0.2) is 19.6 Å². The van der Waals surface area contributed by atoms with E-state index in [1.807, 2.05) is 0 Å². The van der Waals surface area contributed by atoms with Crippen molar-refractivity contribution in [2.24, 2.45) is 5.73 Å². The van der Waals surface area contributed by atoms with Crippen LogP contribution in [-0.2, 0) is 0 Å². The summed E-state index contributed by atoms with van der Waals surface area (Å²) >= 11 is 0. The molecule has 0 aliphatic heterocycles. The molecule has 0 saturated heterocycles. The van der Waals surface area contributed by atoms with Gasteiger partial charge in [0.1, 0.15) is 0 Å². The lowest BCUT2D eigenvalue weighted by Gasteiger charge is -2.23. The summed E-state index contributed by atoms with van der Waals surface area (Å²) < 4.78 is 0. The number of hydrogen-bond donors (Lipinski definition) is 1. The van der Waals surface area contributed by atoms with Crippen molar-refractivity contribution in [3.05, 3.63) is 29.3 Å². The second-order valence-corrected chi connectivity index (χ2v) is 5.05. The van der Waals surface area contributed by atoms with Crippen LogP contribution in [0.25, 0.3) is 0 Å². The van der Waals surface area contributed by atoms with E-state index in [1.165, 1.54) is 23.2 Å². The number of aryl methyl sites for hydroxylation is 2. The van der Waals surface area contributed by atoms with Gasteiger partial charge in [0.2, 0.25) is 0 Å². The van der Waals surface area contributed by atoms with Gasteiger partial charge in [-0.15, -0.1) is 0 Å². The Morgan fingerprint density at radius 2 is 1.94 bits per heavy atom. The van der Waals surface area contributed by atoms with E-state index in [0.29, 0.717) is 6.04 Å². The van der Waals surface area contributed by atoms with E-state index in [-0.39, 0.29) is 0 Å². The Bertz CT molecular complexity index is 347. The Morgan fingerprint density at radius 3 is 2.53 bits per heavy atom. The van der Waals surface area contributed by atoms with E-state index in [9.17, 15) is 0 Å². The molecule has 1 atom stereocenters. The molecule has 0 saturated carbocycles. The summed E-state index contributed by atoms with van der Waals surface area (Å²) in [4.78, 5) is 2.31. The Morgan fingerprint density at radius 1 is 1.24 bits per heavy atom. The number of anilines is 1. The first kappa shape index (κ1) is 14.0. The average Bonchev–Trinajstić information content (AvgIpc) is 2.26. The molecule has 0 amide bonds. The largest absolute Gasteiger partial charge is 0.374 e. The molecule has 0 spiro atoms. The Hall–Kier alpha value is -1.02. The third-order valence-corrected chi connectivity index (χ3v) is 3.26. The van der Waals surface area contributed by atoms with Gasteiger partial charge in [0, 0.05) is 25.3 Å². The molecule has 1 unspecified atom stereocenters. The van der Waals surface area contributed by atoms with E-state index >= 15 is 0 Å². The number of nitrogens with two attached hydrogens (primary N) is 1. The predicted octanol–water partition coefficient (Wildman–Crippen LogP) is 3.26. The number of hydrogen-bond acceptors (Lipinski definition) is 2. The lowest BCUT2D eigenvalue weighted by Crippen LogP contribution is -2.28. The maximum Gasteiger partial charge on any atom is 0.0393 e. The maximum atomic E-state index is 6.05. The molecule has 96 valence electrons. The normalized spacial score (nSPS) is 12.5. The molecule has 0 radical (unpaired) electrons. The molecule has 2 nitrogen and oxygen atoms in total. The van der Waals surface area contributed by atoms with Gasteiger partial charge in [-0.1, -0.05) is 31.0 Å². The first-order chi connectivity index (χ1) is 8.04. The van der Waals surface area contributed by atoms with Gasteiger partial charge in [0.15, 0.2) is 0 Å². The van der Waals surface area contributed by atoms with E-state index in [2.05, 4.69) is 50.9 Å². The maximum absolute atomic E-state index is 6.05. The van der Waals surface area contributed by atoms with Crippen LogP contribution < -0.4 is 10.6 Å². The second kappa shape index (κ2) is 6.65. The van der Waals surface area contributed by atoms with Crippen LogP contribution in [0, 0.1) is 13.8 Å². The summed E-state index contributed by atoms with van der Waals surface area (Å²) in [5, 5.41) is 0. The Kier molecular flexibility index (Phi) is 5.49. The van der Waals surface area contributed by atoms with E-state index in [4.69, 9.17) is 5.73 Å². The van der Waals surface area contributed by atoms with Gasteiger partial charge >= 0.3 is 0 Å². The van der Waals surface area contributed by atoms with E-state index in [1.54, 1.807) is 0 Å². The van der Waals surface area contributed by atoms with Crippen LogP contribution in [0.1, 0.15) is 37.3 Å². The van der Waals surface area contributed by atoms with Crippen molar-refractivity contribution >= 4 is 5.69 Å². The molecule has 0 aliphatic rings. The summed E-state index contributed by atoms with van der Waals surface area (Å²) in [5.74, 6) is 0. The fourth-order valence-corrected chi connectivity index (χ4v) is 2.23. The van der Waals surface area contributed by atoms with Crippen molar-refractivity contribution in [3.8, 4) is 0 Å². The van der Waals surface area contributed by atoms with Gasteiger partial charge < -0.3 is 10.6 Å². The molecule has 0 fully saturated rings. The standard InChI is InChI=1S/C15H26N2/c1-5-6-14(16)9-10-17(4)15-8-7-12(2)11-13(15)3/h7-8,11,14H,5-6,9-10,16H2,1-4H3. The highest BCUT2D eigenvalue weighted by atomic mass is 15.1. The summed E-state index contributed by atoms with van der Waals surface area (Å²) in [5.41, 5.74) is 10.0. The van der Waals surface area contributed by atoms with Gasteiger partial charge in [-0.3, -0.25) is 0 Å². The minimum Gasteiger partial charge on any atom is -0.374 e. The van der Waals surface area contributed by atoms with Gasteiger partial charge in [-0.25, -0.2) is 0 Å². The topological polar surface area (TPSA) is 29.3 Å². The predicted molar refractivity (Wildman–Crippen MR) is 76.7 cm³/mol. The SMILES string of the molecule is CCCC(N)CCN(C)c1ccc(C)cc1C. The van der Waals surface area contributed by atoms with Crippen LogP contribution >= 0.6 is 0 Å². The molecular weight excluding hydrogens is 208 g/mol. The fraction of sp³-hybridized carbons (Fsp3) is 0.600. The molecule has 1 aromatic carbocycles. The summed E-state index contributed by atoms with van der Waals surface area (Å²) in [6.45, 7) is 7.53. The summed E-state index contributed by atoms with van der Waals surface area (Å²) in [6.07, 6.45) is 3.37. The lowest BCUT2D eigenvalue weighted by molar-refractivity contribution is 0.560. The van der Waals surface area contributed by atoms with Gasteiger partial charge in [0.25, 0.3) is 0 Å². The highest BCUT2D eigenvalue weighted by Crippen LogP contribution is 2.20. The molecule has 1 rings (SSSR count). The first-order valence-electron chi connectivity index (χ1n) is 6.58.